The van der Waals surface area contributed by atoms with Crippen LogP contribution in [0.5, 0.6) is 0 Å². The van der Waals surface area contributed by atoms with Crippen molar-refractivity contribution in [3.8, 4) is 0 Å². The van der Waals surface area contributed by atoms with E-state index < -0.39 is 9.84 Å². The van der Waals surface area contributed by atoms with Gasteiger partial charge < -0.3 is 9.72 Å². The summed E-state index contributed by atoms with van der Waals surface area (Å²) >= 11 is 0. The number of rotatable bonds is 5. The predicted octanol–water partition coefficient (Wildman–Crippen LogP) is 2.32. The van der Waals surface area contributed by atoms with Gasteiger partial charge in [-0.15, -0.1) is 0 Å². The van der Waals surface area contributed by atoms with Gasteiger partial charge in [-0.1, -0.05) is 0 Å². The number of hydrogen-bond donors (Lipinski definition) is 1. The van der Waals surface area contributed by atoms with Crippen LogP contribution in [0.15, 0.2) is 23.1 Å². The first kappa shape index (κ1) is 14.5. The molecule has 5 nitrogen and oxygen atoms in total. The summed E-state index contributed by atoms with van der Waals surface area (Å²) in [4.78, 5) is 8.10. The fraction of sp³-hybridized carbons (Fsp3) is 0.533. The van der Waals surface area contributed by atoms with Crippen molar-refractivity contribution in [3.63, 3.8) is 0 Å². The molecule has 0 aliphatic heterocycles. The van der Waals surface area contributed by atoms with E-state index in [1.165, 1.54) is 6.26 Å². The third kappa shape index (κ3) is 3.11. The Morgan fingerprint density at radius 3 is 2.81 bits per heavy atom. The Morgan fingerprint density at radius 2 is 2.14 bits per heavy atom. The predicted molar refractivity (Wildman–Crippen MR) is 81.0 cm³/mol. The molecule has 0 unspecified atom stereocenters. The molecule has 21 heavy (non-hydrogen) atoms. The standard InChI is InChI=1S/C15H20N2O3S/c1-3-20-11-6-10(7-11)8-15-16-13-5-4-12(21(2,18)19)9-14(13)17-15/h4-5,9-11H,3,6-8H2,1-2H3,(H,16,17). The smallest absolute Gasteiger partial charge is 0.175 e. The second-order valence-electron chi connectivity index (χ2n) is 5.75. The monoisotopic (exact) mass is 308 g/mol. The van der Waals surface area contributed by atoms with Crippen LogP contribution in [0, 0.1) is 5.92 Å². The Balaban J connectivity index is 1.73. The Bertz CT molecular complexity index is 745. The highest BCUT2D eigenvalue weighted by molar-refractivity contribution is 7.90. The normalized spacial score (nSPS) is 22.4. The van der Waals surface area contributed by atoms with Crippen LogP contribution in [-0.4, -0.2) is 37.4 Å². The van der Waals surface area contributed by atoms with E-state index in [1.807, 2.05) is 6.92 Å². The zero-order valence-corrected chi connectivity index (χ0v) is 13.1. The Morgan fingerprint density at radius 1 is 1.38 bits per heavy atom. The maximum atomic E-state index is 11.6. The first-order chi connectivity index (χ1) is 9.95. The van der Waals surface area contributed by atoms with Gasteiger partial charge >= 0.3 is 0 Å². The van der Waals surface area contributed by atoms with Gasteiger partial charge in [0.1, 0.15) is 5.82 Å². The number of aromatic nitrogens is 2. The van der Waals surface area contributed by atoms with E-state index in [9.17, 15) is 8.42 Å². The van der Waals surface area contributed by atoms with Crippen LogP contribution in [0.25, 0.3) is 11.0 Å². The molecule has 0 saturated heterocycles. The number of benzene rings is 1. The lowest BCUT2D eigenvalue weighted by atomic mass is 9.80. The molecule has 0 spiro atoms. The molecule has 1 aliphatic rings. The van der Waals surface area contributed by atoms with E-state index in [1.54, 1.807) is 18.2 Å². The summed E-state index contributed by atoms with van der Waals surface area (Å²) in [5, 5.41) is 0. The van der Waals surface area contributed by atoms with E-state index in [4.69, 9.17) is 4.74 Å². The summed E-state index contributed by atoms with van der Waals surface area (Å²) in [5.74, 6) is 1.53. The molecule has 0 radical (unpaired) electrons. The molecule has 1 aliphatic carbocycles. The molecular weight excluding hydrogens is 288 g/mol. The van der Waals surface area contributed by atoms with Crippen molar-refractivity contribution in [2.45, 2.75) is 37.2 Å². The van der Waals surface area contributed by atoms with Crippen molar-refractivity contribution in [1.29, 1.82) is 0 Å². The number of nitrogens with one attached hydrogen (secondary N) is 1. The maximum absolute atomic E-state index is 11.6. The van der Waals surface area contributed by atoms with Crippen molar-refractivity contribution in [3.05, 3.63) is 24.0 Å². The van der Waals surface area contributed by atoms with Crippen LogP contribution in [-0.2, 0) is 21.0 Å². The highest BCUT2D eigenvalue weighted by atomic mass is 32.2. The molecule has 1 heterocycles. The molecule has 1 aromatic carbocycles. The minimum absolute atomic E-state index is 0.324. The highest BCUT2D eigenvalue weighted by Crippen LogP contribution is 2.32. The molecule has 1 fully saturated rings. The summed E-state index contributed by atoms with van der Waals surface area (Å²) < 4.78 is 28.7. The molecule has 2 aromatic rings. The van der Waals surface area contributed by atoms with E-state index in [-0.39, 0.29) is 0 Å². The van der Waals surface area contributed by atoms with E-state index in [0.29, 0.717) is 16.9 Å². The van der Waals surface area contributed by atoms with Crippen LogP contribution in [0.2, 0.25) is 0 Å². The van der Waals surface area contributed by atoms with Crippen molar-refractivity contribution < 1.29 is 13.2 Å². The van der Waals surface area contributed by atoms with Crippen LogP contribution in [0.3, 0.4) is 0 Å². The number of sulfone groups is 1. The van der Waals surface area contributed by atoms with Crippen molar-refractivity contribution in [2.24, 2.45) is 5.92 Å². The van der Waals surface area contributed by atoms with Gasteiger partial charge in [-0.05, 0) is 43.9 Å². The van der Waals surface area contributed by atoms with Gasteiger partial charge in [0.2, 0.25) is 0 Å². The number of hydrogen-bond acceptors (Lipinski definition) is 4. The number of imidazole rings is 1. The average molecular weight is 308 g/mol. The number of aromatic amines is 1. The topological polar surface area (TPSA) is 72.0 Å². The lowest BCUT2D eigenvalue weighted by Crippen LogP contribution is -2.32. The summed E-state index contributed by atoms with van der Waals surface area (Å²) in [6.45, 7) is 2.79. The van der Waals surface area contributed by atoms with Gasteiger partial charge in [0.15, 0.2) is 9.84 Å². The highest BCUT2D eigenvalue weighted by Gasteiger charge is 2.30. The van der Waals surface area contributed by atoms with Crippen LogP contribution < -0.4 is 0 Å². The Labute approximate surface area is 124 Å². The molecule has 0 amide bonds. The minimum Gasteiger partial charge on any atom is -0.378 e. The minimum atomic E-state index is -3.18. The van der Waals surface area contributed by atoms with Crippen molar-refractivity contribution >= 4 is 20.9 Å². The molecule has 6 heteroatoms. The summed E-state index contributed by atoms with van der Waals surface area (Å²) in [6.07, 6.45) is 4.68. The zero-order chi connectivity index (χ0) is 15.0. The third-order valence-electron chi connectivity index (χ3n) is 4.01. The van der Waals surface area contributed by atoms with Gasteiger partial charge in [0.25, 0.3) is 0 Å². The summed E-state index contributed by atoms with van der Waals surface area (Å²) in [6, 6.07) is 5.02. The molecular formula is C15H20N2O3S. The first-order valence-corrected chi connectivity index (χ1v) is 9.15. The van der Waals surface area contributed by atoms with Gasteiger partial charge in [-0.2, -0.15) is 0 Å². The van der Waals surface area contributed by atoms with Crippen molar-refractivity contribution in [1.82, 2.24) is 9.97 Å². The Hall–Kier alpha value is -1.40. The fourth-order valence-corrected chi connectivity index (χ4v) is 3.50. The maximum Gasteiger partial charge on any atom is 0.175 e. The van der Waals surface area contributed by atoms with Crippen LogP contribution in [0.1, 0.15) is 25.6 Å². The van der Waals surface area contributed by atoms with E-state index in [0.717, 1.165) is 42.7 Å². The largest absolute Gasteiger partial charge is 0.378 e. The lowest BCUT2D eigenvalue weighted by molar-refractivity contribution is -0.0244. The summed E-state index contributed by atoms with van der Waals surface area (Å²) in [7, 11) is -3.18. The van der Waals surface area contributed by atoms with Gasteiger partial charge in [-0.3, -0.25) is 0 Å². The SMILES string of the molecule is CCOC1CC(Cc2nc3ccc(S(C)(=O)=O)cc3[nH]2)C1. The van der Waals surface area contributed by atoms with Crippen LogP contribution >= 0.6 is 0 Å². The van der Waals surface area contributed by atoms with Crippen LogP contribution in [0.4, 0.5) is 0 Å². The molecule has 1 N–H and O–H groups in total. The van der Waals surface area contributed by atoms with Gasteiger partial charge in [0, 0.05) is 19.3 Å². The number of ether oxygens (including phenoxy) is 1. The second kappa shape index (κ2) is 5.42. The second-order valence-corrected chi connectivity index (χ2v) is 7.77. The lowest BCUT2D eigenvalue weighted by Gasteiger charge is -2.34. The number of fused-ring (bicyclic) bond motifs is 1. The molecule has 0 bridgehead atoms. The van der Waals surface area contributed by atoms with Gasteiger partial charge in [-0.25, -0.2) is 13.4 Å². The fourth-order valence-electron chi connectivity index (χ4n) is 2.86. The summed E-state index contributed by atoms with van der Waals surface area (Å²) in [5.41, 5.74) is 1.60. The zero-order valence-electron chi connectivity index (χ0n) is 12.3. The quantitative estimate of drug-likeness (QED) is 0.920. The first-order valence-electron chi connectivity index (χ1n) is 7.26. The van der Waals surface area contributed by atoms with E-state index >= 15 is 0 Å². The molecule has 114 valence electrons. The van der Waals surface area contributed by atoms with Crippen molar-refractivity contribution in [2.75, 3.05) is 12.9 Å². The third-order valence-corrected chi connectivity index (χ3v) is 5.12. The number of H-pyrrole nitrogens is 1. The molecule has 3 rings (SSSR count). The number of nitrogens with zero attached hydrogens (tertiary/aromatic N) is 1. The molecule has 1 aromatic heterocycles. The Kier molecular flexibility index (Phi) is 3.75. The molecule has 0 atom stereocenters. The molecule has 1 saturated carbocycles. The van der Waals surface area contributed by atoms with E-state index in [2.05, 4.69) is 9.97 Å². The van der Waals surface area contributed by atoms with Gasteiger partial charge in [0.05, 0.1) is 22.0 Å². The average Bonchev–Trinajstić information content (AvgIpc) is 2.76.